The second-order valence-electron chi connectivity index (χ2n) is 6.23. The van der Waals surface area contributed by atoms with Crippen molar-refractivity contribution in [1.29, 1.82) is 0 Å². The van der Waals surface area contributed by atoms with Gasteiger partial charge in [0.25, 0.3) is 0 Å². The smallest absolute Gasteiger partial charge is 0.191 e. The van der Waals surface area contributed by atoms with Crippen LogP contribution in [0.2, 0.25) is 0 Å². The molecule has 1 aromatic rings. The predicted molar refractivity (Wildman–Crippen MR) is 114 cm³/mol. The van der Waals surface area contributed by atoms with Gasteiger partial charge in [0.1, 0.15) is 0 Å². The van der Waals surface area contributed by atoms with Gasteiger partial charge < -0.3 is 15.4 Å². The van der Waals surface area contributed by atoms with Crippen molar-refractivity contribution >= 4 is 29.9 Å². The van der Waals surface area contributed by atoms with E-state index in [1.54, 1.807) is 0 Å². The molecule has 0 saturated heterocycles. The van der Waals surface area contributed by atoms with Crippen molar-refractivity contribution in [3.63, 3.8) is 0 Å². The summed E-state index contributed by atoms with van der Waals surface area (Å²) < 4.78 is 5.69. The second-order valence-corrected chi connectivity index (χ2v) is 6.23. The van der Waals surface area contributed by atoms with Gasteiger partial charge in [-0.05, 0) is 37.7 Å². The van der Waals surface area contributed by atoms with E-state index in [0.717, 1.165) is 45.0 Å². The molecule has 0 aliphatic carbocycles. The van der Waals surface area contributed by atoms with Crippen molar-refractivity contribution in [2.24, 2.45) is 10.9 Å². The van der Waals surface area contributed by atoms with Gasteiger partial charge in [-0.2, -0.15) is 0 Å². The molecule has 4 nitrogen and oxygen atoms in total. The number of hydrogen-bond donors (Lipinski definition) is 2. The molecule has 0 fully saturated rings. The highest BCUT2D eigenvalue weighted by molar-refractivity contribution is 14.0. The highest BCUT2D eigenvalue weighted by Gasteiger charge is 2.08. The van der Waals surface area contributed by atoms with Crippen LogP contribution in [0.25, 0.3) is 0 Å². The van der Waals surface area contributed by atoms with Crippen LogP contribution < -0.4 is 10.6 Å². The van der Waals surface area contributed by atoms with Gasteiger partial charge in [0.2, 0.25) is 0 Å². The van der Waals surface area contributed by atoms with E-state index in [1.165, 1.54) is 5.56 Å². The number of guanidine groups is 1. The molecule has 0 heterocycles. The number of benzene rings is 1. The maximum Gasteiger partial charge on any atom is 0.191 e. The predicted octanol–water partition coefficient (Wildman–Crippen LogP) is 3.85. The van der Waals surface area contributed by atoms with Crippen LogP contribution in [0.15, 0.2) is 35.3 Å². The van der Waals surface area contributed by atoms with Crippen LogP contribution in [0.4, 0.5) is 0 Å². The van der Waals surface area contributed by atoms with Gasteiger partial charge in [0.15, 0.2) is 5.96 Å². The van der Waals surface area contributed by atoms with Crippen LogP contribution in [-0.2, 0) is 11.2 Å². The highest BCUT2D eigenvalue weighted by Crippen LogP contribution is 2.00. The van der Waals surface area contributed by atoms with Crippen LogP contribution >= 0.6 is 24.0 Å². The fourth-order valence-electron chi connectivity index (χ4n) is 2.05. The molecule has 0 aromatic heterocycles. The van der Waals surface area contributed by atoms with Crippen LogP contribution in [-0.4, -0.2) is 38.8 Å². The zero-order valence-electron chi connectivity index (χ0n) is 15.5. The number of nitrogens with zero attached hydrogens (tertiary/aromatic N) is 1. The molecule has 0 bridgehead atoms. The molecule has 2 N–H and O–H groups in total. The summed E-state index contributed by atoms with van der Waals surface area (Å²) in [5.41, 5.74) is 1.34. The van der Waals surface area contributed by atoms with E-state index in [0.29, 0.717) is 12.0 Å². The van der Waals surface area contributed by atoms with Crippen molar-refractivity contribution in [2.75, 3.05) is 26.8 Å². The Morgan fingerprint density at radius 1 is 1.08 bits per heavy atom. The standard InChI is InChI=1S/C19H33N3O.HI/c1-16(2)17(3)22-19(20-4)21-13-8-9-14-23-15-12-18-10-6-5-7-11-18;/h5-7,10-11,16-17H,8-9,12-15H2,1-4H3,(H2,20,21,22);1H. The Labute approximate surface area is 164 Å². The van der Waals surface area contributed by atoms with Crippen molar-refractivity contribution in [3.8, 4) is 0 Å². The first-order chi connectivity index (χ1) is 11.1. The fourth-order valence-corrected chi connectivity index (χ4v) is 2.05. The number of nitrogens with one attached hydrogen (secondary N) is 2. The molecule has 0 spiro atoms. The third-order valence-corrected chi connectivity index (χ3v) is 3.97. The van der Waals surface area contributed by atoms with Crippen molar-refractivity contribution in [1.82, 2.24) is 10.6 Å². The van der Waals surface area contributed by atoms with Gasteiger partial charge in [0.05, 0.1) is 6.61 Å². The number of hydrogen-bond acceptors (Lipinski definition) is 2. The molecule has 24 heavy (non-hydrogen) atoms. The molecule has 5 heteroatoms. The monoisotopic (exact) mass is 447 g/mol. The number of halogens is 1. The molecular formula is C19H34IN3O. The van der Waals surface area contributed by atoms with Gasteiger partial charge in [-0.15, -0.1) is 24.0 Å². The number of ether oxygens (including phenoxy) is 1. The normalized spacial score (nSPS) is 12.6. The summed E-state index contributed by atoms with van der Waals surface area (Å²) in [6.07, 6.45) is 3.14. The summed E-state index contributed by atoms with van der Waals surface area (Å²) in [5, 5.41) is 6.76. The lowest BCUT2D eigenvalue weighted by atomic mass is 10.1. The second kappa shape index (κ2) is 14.5. The van der Waals surface area contributed by atoms with E-state index in [1.807, 2.05) is 13.1 Å². The number of unbranched alkanes of at least 4 members (excludes halogenated alkanes) is 1. The molecule has 1 atom stereocenters. The summed E-state index contributed by atoms with van der Waals surface area (Å²) in [6.45, 7) is 9.13. The molecule has 138 valence electrons. The first-order valence-electron chi connectivity index (χ1n) is 8.72. The zero-order chi connectivity index (χ0) is 16.9. The average Bonchev–Trinajstić information content (AvgIpc) is 2.56. The Kier molecular flexibility index (Phi) is 14.0. The minimum absolute atomic E-state index is 0. The topological polar surface area (TPSA) is 45.7 Å². The molecule has 0 aliphatic heterocycles. The van der Waals surface area contributed by atoms with Gasteiger partial charge in [-0.25, -0.2) is 0 Å². The first kappa shape index (κ1) is 23.2. The van der Waals surface area contributed by atoms with E-state index >= 15 is 0 Å². The van der Waals surface area contributed by atoms with Gasteiger partial charge in [0, 0.05) is 26.2 Å². The molecule has 0 saturated carbocycles. The number of rotatable bonds is 10. The zero-order valence-corrected chi connectivity index (χ0v) is 17.9. The third-order valence-electron chi connectivity index (χ3n) is 3.97. The van der Waals surface area contributed by atoms with Crippen LogP contribution in [0, 0.1) is 5.92 Å². The third kappa shape index (κ3) is 10.9. The number of aliphatic imine (C=N–C) groups is 1. The first-order valence-corrected chi connectivity index (χ1v) is 8.72. The Morgan fingerprint density at radius 2 is 1.79 bits per heavy atom. The van der Waals surface area contributed by atoms with E-state index in [4.69, 9.17) is 4.74 Å². The minimum atomic E-state index is 0. The van der Waals surface area contributed by atoms with Gasteiger partial charge >= 0.3 is 0 Å². The summed E-state index contributed by atoms with van der Waals surface area (Å²) in [7, 11) is 1.81. The summed E-state index contributed by atoms with van der Waals surface area (Å²) in [5.74, 6) is 1.47. The summed E-state index contributed by atoms with van der Waals surface area (Å²) in [6, 6.07) is 10.9. The molecule has 0 amide bonds. The Bertz CT molecular complexity index is 437. The fraction of sp³-hybridized carbons (Fsp3) is 0.632. The quantitative estimate of drug-likeness (QED) is 0.248. The van der Waals surface area contributed by atoms with Crippen LogP contribution in [0.1, 0.15) is 39.2 Å². The average molecular weight is 447 g/mol. The summed E-state index contributed by atoms with van der Waals surface area (Å²) in [4.78, 5) is 4.25. The molecule has 1 rings (SSSR count). The molecule has 1 aromatic carbocycles. The lowest BCUT2D eigenvalue weighted by Gasteiger charge is -2.20. The largest absolute Gasteiger partial charge is 0.381 e. The van der Waals surface area contributed by atoms with E-state index in [9.17, 15) is 0 Å². The maximum atomic E-state index is 5.69. The lowest BCUT2D eigenvalue weighted by Crippen LogP contribution is -2.44. The lowest BCUT2D eigenvalue weighted by molar-refractivity contribution is 0.133. The highest BCUT2D eigenvalue weighted by atomic mass is 127. The molecule has 0 aliphatic rings. The molecule has 1 unspecified atom stereocenters. The van der Waals surface area contributed by atoms with Crippen molar-refractivity contribution < 1.29 is 4.74 Å². The van der Waals surface area contributed by atoms with E-state index in [-0.39, 0.29) is 24.0 Å². The van der Waals surface area contributed by atoms with Crippen molar-refractivity contribution in [3.05, 3.63) is 35.9 Å². The Morgan fingerprint density at radius 3 is 2.42 bits per heavy atom. The maximum absolute atomic E-state index is 5.69. The Hall–Kier alpha value is -0.820. The van der Waals surface area contributed by atoms with E-state index < -0.39 is 0 Å². The SMILES string of the molecule is CN=C(NCCCCOCCc1ccccc1)NC(C)C(C)C.I. The minimum Gasteiger partial charge on any atom is -0.381 e. The Balaban J connectivity index is 0.00000529. The van der Waals surface area contributed by atoms with E-state index in [2.05, 4.69) is 60.7 Å². The molecule has 0 radical (unpaired) electrons. The summed E-state index contributed by atoms with van der Waals surface area (Å²) >= 11 is 0. The van der Waals surface area contributed by atoms with Gasteiger partial charge in [-0.1, -0.05) is 44.2 Å². The van der Waals surface area contributed by atoms with Crippen molar-refractivity contribution in [2.45, 2.75) is 46.1 Å². The molecular weight excluding hydrogens is 413 g/mol. The van der Waals surface area contributed by atoms with Crippen LogP contribution in [0.5, 0.6) is 0 Å². The van der Waals surface area contributed by atoms with Gasteiger partial charge in [-0.3, -0.25) is 4.99 Å². The van der Waals surface area contributed by atoms with Crippen LogP contribution in [0.3, 0.4) is 0 Å².